The first-order valence-corrected chi connectivity index (χ1v) is 8.25. The smallest absolute Gasteiger partial charge is 0.399 e. The summed E-state index contributed by atoms with van der Waals surface area (Å²) < 4.78 is 17.7. The van der Waals surface area contributed by atoms with Crippen molar-refractivity contribution in [3.63, 3.8) is 0 Å². The van der Waals surface area contributed by atoms with Crippen LogP contribution in [-0.2, 0) is 19.5 Å². The summed E-state index contributed by atoms with van der Waals surface area (Å²) in [5.74, 6) is 0. The lowest BCUT2D eigenvalue weighted by Crippen LogP contribution is -2.41. The summed E-state index contributed by atoms with van der Waals surface area (Å²) in [7, 11) is -0.393. The number of nitrogens with zero attached hydrogens (tertiary/aromatic N) is 1. The van der Waals surface area contributed by atoms with Gasteiger partial charge in [0, 0.05) is 13.2 Å². The zero-order valence-electron chi connectivity index (χ0n) is 14.4. The predicted octanol–water partition coefficient (Wildman–Crippen LogP) is 2.56. The van der Waals surface area contributed by atoms with Crippen molar-refractivity contribution in [2.24, 2.45) is 0 Å². The second kappa shape index (κ2) is 5.63. The van der Waals surface area contributed by atoms with Crippen molar-refractivity contribution in [2.75, 3.05) is 13.2 Å². The Labute approximate surface area is 138 Å². The van der Waals surface area contributed by atoms with E-state index >= 15 is 0 Å². The van der Waals surface area contributed by atoms with Gasteiger partial charge >= 0.3 is 7.12 Å². The lowest BCUT2D eigenvalue weighted by Gasteiger charge is -2.32. The van der Waals surface area contributed by atoms with Gasteiger partial charge in [-0.05, 0) is 51.6 Å². The van der Waals surface area contributed by atoms with Crippen molar-refractivity contribution in [1.82, 2.24) is 0 Å². The highest BCUT2D eigenvalue weighted by Crippen LogP contribution is 2.37. The second-order valence-corrected chi connectivity index (χ2v) is 7.52. The molecule has 122 valence electrons. The van der Waals surface area contributed by atoms with Crippen molar-refractivity contribution in [3.05, 3.63) is 29.8 Å². The van der Waals surface area contributed by atoms with Crippen LogP contribution in [0, 0.1) is 11.3 Å². The maximum absolute atomic E-state index is 9.75. The minimum absolute atomic E-state index is 0.362. The third-order valence-electron chi connectivity index (χ3n) is 5.52. The van der Waals surface area contributed by atoms with Gasteiger partial charge in [0.05, 0.1) is 22.7 Å². The molecule has 0 bridgehead atoms. The number of hydrogen-bond donors (Lipinski definition) is 0. The number of hydrogen-bond acceptors (Lipinski definition) is 4. The van der Waals surface area contributed by atoms with Crippen LogP contribution in [0.5, 0.6) is 0 Å². The fourth-order valence-electron chi connectivity index (χ4n) is 3.15. The fourth-order valence-corrected chi connectivity index (χ4v) is 3.15. The maximum atomic E-state index is 9.75. The Bertz CT molecular complexity index is 613. The SMILES string of the molecule is CC1(C)OB(c2cccc(C3(C#N)CCOCC3)c2)OC1(C)C. The van der Waals surface area contributed by atoms with Gasteiger partial charge in [-0.1, -0.05) is 24.3 Å². The van der Waals surface area contributed by atoms with Crippen LogP contribution in [-0.4, -0.2) is 31.5 Å². The molecule has 1 aromatic carbocycles. The number of rotatable bonds is 2. The molecule has 0 N–H and O–H groups in total. The van der Waals surface area contributed by atoms with E-state index in [9.17, 15) is 5.26 Å². The van der Waals surface area contributed by atoms with E-state index in [0.717, 1.165) is 23.9 Å². The summed E-state index contributed by atoms with van der Waals surface area (Å²) in [5, 5.41) is 9.75. The van der Waals surface area contributed by atoms with E-state index < -0.39 is 12.5 Å². The normalized spacial score (nSPS) is 25.1. The molecule has 2 fully saturated rings. The Hall–Kier alpha value is -1.35. The van der Waals surface area contributed by atoms with Crippen LogP contribution in [0.4, 0.5) is 0 Å². The fraction of sp³-hybridized carbons (Fsp3) is 0.611. The molecule has 0 radical (unpaired) electrons. The molecule has 3 rings (SSSR count). The monoisotopic (exact) mass is 313 g/mol. The lowest BCUT2D eigenvalue weighted by molar-refractivity contribution is 0.00578. The molecule has 0 amide bonds. The van der Waals surface area contributed by atoms with Crippen molar-refractivity contribution >= 4 is 12.6 Å². The Morgan fingerprint density at radius 3 is 2.22 bits per heavy atom. The molecule has 2 aliphatic heterocycles. The summed E-state index contributed by atoms with van der Waals surface area (Å²) >= 11 is 0. The van der Waals surface area contributed by atoms with Crippen LogP contribution >= 0.6 is 0 Å². The number of ether oxygens (including phenoxy) is 1. The Morgan fingerprint density at radius 2 is 1.65 bits per heavy atom. The molecule has 0 saturated carbocycles. The summed E-state index contributed by atoms with van der Waals surface area (Å²) in [6.07, 6.45) is 1.46. The highest BCUT2D eigenvalue weighted by Gasteiger charge is 2.51. The first-order chi connectivity index (χ1) is 10.8. The van der Waals surface area contributed by atoms with E-state index in [2.05, 4.69) is 12.1 Å². The Morgan fingerprint density at radius 1 is 1.04 bits per heavy atom. The second-order valence-electron chi connectivity index (χ2n) is 7.52. The van der Waals surface area contributed by atoms with Gasteiger partial charge in [0.2, 0.25) is 0 Å². The average molecular weight is 313 g/mol. The van der Waals surface area contributed by atoms with Gasteiger partial charge < -0.3 is 14.0 Å². The summed E-state index contributed by atoms with van der Waals surface area (Å²) in [6.45, 7) is 9.46. The van der Waals surface area contributed by atoms with Crippen LogP contribution in [0.1, 0.15) is 46.1 Å². The third kappa shape index (κ3) is 2.80. The van der Waals surface area contributed by atoms with Gasteiger partial charge in [-0.3, -0.25) is 0 Å². The number of nitriles is 1. The lowest BCUT2D eigenvalue weighted by atomic mass is 9.71. The third-order valence-corrected chi connectivity index (χ3v) is 5.52. The Balaban J connectivity index is 1.91. The zero-order chi connectivity index (χ0) is 16.7. The van der Waals surface area contributed by atoms with Crippen LogP contribution in [0.25, 0.3) is 0 Å². The van der Waals surface area contributed by atoms with Gasteiger partial charge in [-0.15, -0.1) is 0 Å². The minimum atomic E-state index is -0.460. The van der Waals surface area contributed by atoms with Crippen molar-refractivity contribution in [3.8, 4) is 6.07 Å². The van der Waals surface area contributed by atoms with E-state index in [1.54, 1.807) is 0 Å². The molecule has 2 heterocycles. The minimum Gasteiger partial charge on any atom is -0.399 e. The quantitative estimate of drug-likeness (QED) is 0.788. The topological polar surface area (TPSA) is 51.5 Å². The molecule has 1 aromatic rings. The van der Waals surface area contributed by atoms with Crippen LogP contribution in [0.2, 0.25) is 0 Å². The van der Waals surface area contributed by atoms with Gasteiger partial charge in [-0.2, -0.15) is 5.26 Å². The predicted molar refractivity (Wildman–Crippen MR) is 89.5 cm³/mol. The van der Waals surface area contributed by atoms with E-state index in [1.807, 2.05) is 45.9 Å². The first kappa shape index (κ1) is 16.5. The van der Waals surface area contributed by atoms with E-state index in [-0.39, 0.29) is 11.2 Å². The first-order valence-electron chi connectivity index (χ1n) is 8.25. The molecule has 23 heavy (non-hydrogen) atoms. The maximum Gasteiger partial charge on any atom is 0.494 e. The molecule has 0 aromatic heterocycles. The molecule has 0 spiro atoms. The summed E-state index contributed by atoms with van der Waals surface area (Å²) in [4.78, 5) is 0. The molecular weight excluding hydrogens is 289 g/mol. The highest BCUT2D eigenvalue weighted by atomic mass is 16.7. The van der Waals surface area contributed by atoms with Crippen molar-refractivity contribution in [2.45, 2.75) is 57.2 Å². The molecular formula is C18H24BNO3. The van der Waals surface area contributed by atoms with E-state index in [1.165, 1.54) is 0 Å². The molecule has 0 aliphatic carbocycles. The molecule has 2 saturated heterocycles. The van der Waals surface area contributed by atoms with Gasteiger partial charge in [0.25, 0.3) is 0 Å². The van der Waals surface area contributed by atoms with Gasteiger partial charge in [0.15, 0.2) is 0 Å². The summed E-state index contributed by atoms with van der Waals surface area (Å²) in [6, 6.07) is 10.6. The van der Waals surface area contributed by atoms with Crippen molar-refractivity contribution in [1.29, 1.82) is 5.26 Å². The standard InChI is InChI=1S/C18H24BNO3/c1-16(2)17(3,4)23-19(22-16)15-7-5-6-14(12-15)18(13-20)8-10-21-11-9-18/h5-7,12H,8-11H2,1-4H3. The van der Waals surface area contributed by atoms with Crippen LogP contribution in [0.15, 0.2) is 24.3 Å². The largest absolute Gasteiger partial charge is 0.494 e. The highest BCUT2D eigenvalue weighted by molar-refractivity contribution is 6.62. The Kier molecular flexibility index (Phi) is 4.04. The molecule has 0 atom stereocenters. The molecule has 2 aliphatic rings. The van der Waals surface area contributed by atoms with Crippen LogP contribution < -0.4 is 5.46 Å². The van der Waals surface area contributed by atoms with Gasteiger partial charge in [0.1, 0.15) is 0 Å². The van der Waals surface area contributed by atoms with Gasteiger partial charge in [-0.25, -0.2) is 0 Å². The average Bonchev–Trinajstić information content (AvgIpc) is 2.76. The molecule has 0 unspecified atom stereocenters. The molecule has 4 nitrogen and oxygen atoms in total. The van der Waals surface area contributed by atoms with Crippen LogP contribution in [0.3, 0.4) is 0 Å². The van der Waals surface area contributed by atoms with E-state index in [4.69, 9.17) is 14.0 Å². The zero-order valence-corrected chi connectivity index (χ0v) is 14.4. The van der Waals surface area contributed by atoms with Crippen molar-refractivity contribution < 1.29 is 14.0 Å². The summed E-state index contributed by atoms with van der Waals surface area (Å²) in [5.41, 5.74) is 0.828. The number of benzene rings is 1. The molecule has 5 heteroatoms. The van der Waals surface area contributed by atoms with E-state index in [0.29, 0.717) is 13.2 Å².